The van der Waals surface area contributed by atoms with E-state index in [1.807, 2.05) is 0 Å². The molecule has 0 saturated carbocycles. The molecule has 0 amide bonds. The van der Waals surface area contributed by atoms with Gasteiger partial charge in [0.05, 0.1) is 18.0 Å². The molecule has 0 aliphatic carbocycles. The maximum atomic E-state index is 12.3. The van der Waals surface area contributed by atoms with Crippen molar-refractivity contribution in [2.24, 2.45) is 5.73 Å². The number of benzene rings is 1. The third-order valence-electron chi connectivity index (χ3n) is 3.06. The molecule has 0 radical (unpaired) electrons. The first-order chi connectivity index (χ1) is 8.50. The molecule has 1 aliphatic rings. The number of nitrogens with zero attached hydrogens (tertiary/aromatic N) is 1. The number of halogens is 1. The average Bonchev–Trinajstić information content (AvgIpc) is 2.63. The fourth-order valence-electron chi connectivity index (χ4n) is 2.07. The van der Waals surface area contributed by atoms with Crippen LogP contribution in [0.15, 0.2) is 18.2 Å². The van der Waals surface area contributed by atoms with Gasteiger partial charge >= 0.3 is 0 Å². The molecule has 2 rings (SSSR count). The van der Waals surface area contributed by atoms with Crippen LogP contribution in [0.5, 0.6) is 5.75 Å². The molecular weight excluding hydrogens is 276 g/mol. The van der Waals surface area contributed by atoms with Crippen LogP contribution >= 0.6 is 11.6 Å². The van der Waals surface area contributed by atoms with Gasteiger partial charge in [0.2, 0.25) is 10.0 Å². The van der Waals surface area contributed by atoms with Crippen molar-refractivity contribution in [3.63, 3.8) is 0 Å². The van der Waals surface area contributed by atoms with Gasteiger partial charge in [0.25, 0.3) is 0 Å². The fourth-order valence-corrected chi connectivity index (χ4v) is 4.02. The lowest BCUT2D eigenvalue weighted by Crippen LogP contribution is -2.33. The number of hydrogen-bond acceptors (Lipinski definition) is 4. The molecule has 0 bridgehead atoms. The zero-order valence-electron chi connectivity index (χ0n) is 9.97. The molecule has 1 saturated heterocycles. The third kappa shape index (κ3) is 2.15. The first kappa shape index (κ1) is 13.5. The highest BCUT2D eigenvalue weighted by Crippen LogP contribution is 2.36. The summed E-state index contributed by atoms with van der Waals surface area (Å²) in [5.74, 6) is 0.487. The summed E-state index contributed by atoms with van der Waals surface area (Å²) in [6.45, 7) is 0.530. The number of anilines is 1. The van der Waals surface area contributed by atoms with Crippen LogP contribution in [0.4, 0.5) is 5.69 Å². The Morgan fingerprint density at radius 2 is 2.28 bits per heavy atom. The SMILES string of the molecule is COc1ccc(Cl)cc1N1CC[C@@H](CN)S1(=O)=O. The van der Waals surface area contributed by atoms with Crippen LogP contribution in [0.3, 0.4) is 0 Å². The van der Waals surface area contributed by atoms with Gasteiger partial charge in [0.15, 0.2) is 0 Å². The molecule has 1 aromatic rings. The number of sulfonamides is 1. The first-order valence-electron chi connectivity index (χ1n) is 5.56. The average molecular weight is 291 g/mol. The van der Waals surface area contributed by atoms with Gasteiger partial charge in [-0.05, 0) is 24.6 Å². The minimum atomic E-state index is -3.41. The molecular formula is C11H15ClN2O3S. The van der Waals surface area contributed by atoms with Gasteiger partial charge in [-0.1, -0.05) is 11.6 Å². The molecule has 1 aromatic carbocycles. The molecule has 100 valence electrons. The van der Waals surface area contributed by atoms with E-state index in [0.29, 0.717) is 29.4 Å². The predicted octanol–water partition coefficient (Wildman–Crippen LogP) is 1.22. The lowest BCUT2D eigenvalue weighted by Gasteiger charge is -2.21. The van der Waals surface area contributed by atoms with Gasteiger partial charge in [-0.25, -0.2) is 8.42 Å². The van der Waals surface area contributed by atoms with E-state index in [-0.39, 0.29) is 6.54 Å². The van der Waals surface area contributed by atoms with Gasteiger partial charge < -0.3 is 10.5 Å². The summed E-state index contributed by atoms with van der Waals surface area (Å²) in [5, 5.41) is -0.0570. The number of rotatable bonds is 3. The highest BCUT2D eigenvalue weighted by Gasteiger charge is 2.39. The van der Waals surface area contributed by atoms with E-state index in [4.69, 9.17) is 22.1 Å². The molecule has 0 unspecified atom stereocenters. The van der Waals surface area contributed by atoms with Crippen molar-refractivity contribution in [2.45, 2.75) is 11.7 Å². The van der Waals surface area contributed by atoms with Crippen LogP contribution < -0.4 is 14.8 Å². The standard InChI is InChI=1S/C11H15ClN2O3S/c1-17-11-3-2-8(12)6-10(11)14-5-4-9(7-13)18(14,15)16/h2-3,6,9H,4-5,7,13H2,1H3/t9-/m0/s1. The van der Waals surface area contributed by atoms with E-state index in [2.05, 4.69) is 0 Å². The lowest BCUT2D eigenvalue weighted by atomic mass is 10.2. The fraction of sp³-hybridized carbons (Fsp3) is 0.455. The number of ether oxygens (including phenoxy) is 1. The Bertz CT molecular complexity index is 547. The zero-order chi connectivity index (χ0) is 13.3. The highest BCUT2D eigenvalue weighted by atomic mass is 35.5. The Kier molecular flexibility index (Phi) is 3.70. The second-order valence-electron chi connectivity index (χ2n) is 4.08. The van der Waals surface area contributed by atoms with Crippen LogP contribution in [0.2, 0.25) is 5.02 Å². The Balaban J connectivity index is 2.47. The molecule has 0 aromatic heterocycles. The third-order valence-corrected chi connectivity index (χ3v) is 5.55. The minimum Gasteiger partial charge on any atom is -0.495 e. The molecule has 7 heteroatoms. The van der Waals surface area contributed by atoms with Crippen molar-refractivity contribution in [1.29, 1.82) is 0 Å². The molecule has 18 heavy (non-hydrogen) atoms. The van der Waals surface area contributed by atoms with Crippen LogP contribution in [-0.2, 0) is 10.0 Å². The van der Waals surface area contributed by atoms with Crippen molar-refractivity contribution in [1.82, 2.24) is 0 Å². The molecule has 1 aliphatic heterocycles. The highest BCUT2D eigenvalue weighted by molar-refractivity contribution is 7.93. The monoisotopic (exact) mass is 290 g/mol. The molecule has 1 heterocycles. The summed E-state index contributed by atoms with van der Waals surface area (Å²) in [5.41, 5.74) is 5.96. The van der Waals surface area contributed by atoms with Crippen molar-refractivity contribution in [2.75, 3.05) is 24.5 Å². The van der Waals surface area contributed by atoms with Crippen molar-refractivity contribution in [3.8, 4) is 5.75 Å². The van der Waals surface area contributed by atoms with Crippen LogP contribution in [0, 0.1) is 0 Å². The van der Waals surface area contributed by atoms with Crippen LogP contribution in [0.25, 0.3) is 0 Å². The van der Waals surface area contributed by atoms with E-state index in [1.165, 1.54) is 11.4 Å². The van der Waals surface area contributed by atoms with Crippen LogP contribution in [0.1, 0.15) is 6.42 Å². The molecule has 0 spiro atoms. The van der Waals surface area contributed by atoms with E-state index in [1.54, 1.807) is 18.2 Å². The van der Waals surface area contributed by atoms with Gasteiger partial charge in [-0.2, -0.15) is 0 Å². The molecule has 1 fully saturated rings. The maximum Gasteiger partial charge on any atom is 0.239 e. The van der Waals surface area contributed by atoms with Gasteiger partial charge in [-0.15, -0.1) is 0 Å². The Labute approximate surface area is 112 Å². The van der Waals surface area contributed by atoms with Gasteiger partial charge in [0.1, 0.15) is 5.75 Å². The summed E-state index contributed by atoms with van der Waals surface area (Å²) in [7, 11) is -1.91. The van der Waals surface area contributed by atoms with Crippen molar-refractivity contribution in [3.05, 3.63) is 23.2 Å². The second kappa shape index (κ2) is 4.95. The largest absolute Gasteiger partial charge is 0.495 e. The summed E-state index contributed by atoms with van der Waals surface area (Å²) < 4.78 is 31.0. The first-order valence-corrected chi connectivity index (χ1v) is 7.44. The zero-order valence-corrected chi connectivity index (χ0v) is 11.5. The molecule has 2 N–H and O–H groups in total. The lowest BCUT2D eigenvalue weighted by molar-refractivity contribution is 0.415. The van der Waals surface area contributed by atoms with E-state index in [9.17, 15) is 8.42 Å². The van der Waals surface area contributed by atoms with E-state index < -0.39 is 15.3 Å². The van der Waals surface area contributed by atoms with E-state index in [0.717, 1.165) is 0 Å². The Morgan fingerprint density at radius 3 is 2.83 bits per heavy atom. The molecule has 5 nitrogen and oxygen atoms in total. The number of hydrogen-bond donors (Lipinski definition) is 1. The van der Waals surface area contributed by atoms with Gasteiger partial charge in [0, 0.05) is 18.1 Å². The van der Waals surface area contributed by atoms with E-state index >= 15 is 0 Å². The number of nitrogens with two attached hydrogens (primary N) is 1. The topological polar surface area (TPSA) is 72.6 Å². The predicted molar refractivity (Wildman–Crippen MR) is 71.7 cm³/mol. The molecule has 1 atom stereocenters. The maximum absolute atomic E-state index is 12.3. The second-order valence-corrected chi connectivity index (χ2v) is 6.65. The summed E-state index contributed by atoms with van der Waals surface area (Å²) in [6.07, 6.45) is 0.522. The number of methoxy groups -OCH3 is 1. The van der Waals surface area contributed by atoms with Crippen molar-refractivity contribution < 1.29 is 13.2 Å². The summed E-state index contributed by atoms with van der Waals surface area (Å²) >= 11 is 5.91. The summed E-state index contributed by atoms with van der Waals surface area (Å²) in [6, 6.07) is 4.91. The minimum absolute atomic E-state index is 0.127. The smallest absolute Gasteiger partial charge is 0.239 e. The normalized spacial score (nSPS) is 22.2. The Hall–Kier alpha value is -0.980. The van der Waals surface area contributed by atoms with Crippen molar-refractivity contribution >= 4 is 27.3 Å². The summed E-state index contributed by atoms with van der Waals surface area (Å²) in [4.78, 5) is 0. The van der Waals surface area contributed by atoms with Gasteiger partial charge in [-0.3, -0.25) is 4.31 Å². The quantitative estimate of drug-likeness (QED) is 0.908. The Morgan fingerprint density at radius 1 is 1.56 bits per heavy atom. The van der Waals surface area contributed by atoms with Crippen LogP contribution in [-0.4, -0.2) is 33.9 Å².